The quantitative estimate of drug-likeness (QED) is 0.859. The molecule has 0 aliphatic carbocycles. The van der Waals surface area contributed by atoms with Gasteiger partial charge in [0.2, 0.25) is 0 Å². The van der Waals surface area contributed by atoms with Crippen LogP contribution in [0.5, 0.6) is 0 Å². The van der Waals surface area contributed by atoms with Crippen molar-refractivity contribution in [2.24, 2.45) is 11.3 Å². The number of aliphatic hydroxyl groups is 1. The van der Waals surface area contributed by atoms with Crippen molar-refractivity contribution in [1.29, 1.82) is 0 Å². The molecule has 112 valence electrons. The molecule has 5 heteroatoms. The zero-order valence-electron chi connectivity index (χ0n) is 12.2. The van der Waals surface area contributed by atoms with Crippen LogP contribution >= 0.6 is 15.9 Å². The topological polar surface area (TPSA) is 49.3 Å². The Morgan fingerprint density at radius 1 is 1.45 bits per heavy atom. The van der Waals surface area contributed by atoms with Crippen molar-refractivity contribution in [3.05, 3.63) is 34.1 Å². The third-order valence-electron chi connectivity index (χ3n) is 3.31. The molecule has 20 heavy (non-hydrogen) atoms. The minimum atomic E-state index is -0.514. The Kier molecular flexibility index (Phi) is 5.71. The maximum absolute atomic E-state index is 13.0. The second kappa shape index (κ2) is 6.68. The Labute approximate surface area is 127 Å². The largest absolute Gasteiger partial charge is 0.392 e. The van der Waals surface area contributed by atoms with Gasteiger partial charge in [0, 0.05) is 16.4 Å². The normalized spacial score (nSPS) is 13.4. The van der Waals surface area contributed by atoms with Crippen LogP contribution in [-0.4, -0.2) is 23.7 Å². The number of hydrogen-bond acceptors (Lipinski definition) is 2. The molecule has 1 rings (SSSR count). The Hall–Kier alpha value is -0.940. The van der Waals surface area contributed by atoms with E-state index in [1.54, 1.807) is 0 Å². The fourth-order valence-electron chi connectivity index (χ4n) is 2.08. The number of carbonyl (C=O) groups excluding carboxylic acids is 1. The molecule has 0 spiro atoms. The minimum absolute atomic E-state index is 0.111. The molecule has 0 aliphatic heterocycles. The first-order valence-electron chi connectivity index (χ1n) is 6.56. The fourth-order valence-corrected chi connectivity index (χ4v) is 2.61. The second-order valence-corrected chi connectivity index (χ2v) is 6.84. The van der Waals surface area contributed by atoms with E-state index in [1.165, 1.54) is 18.2 Å². The van der Waals surface area contributed by atoms with Gasteiger partial charge in [-0.3, -0.25) is 4.79 Å². The number of amides is 1. The van der Waals surface area contributed by atoms with Gasteiger partial charge in [-0.05, 0) is 40.0 Å². The van der Waals surface area contributed by atoms with Gasteiger partial charge >= 0.3 is 0 Å². The molecule has 1 unspecified atom stereocenters. The van der Waals surface area contributed by atoms with E-state index >= 15 is 0 Å². The summed E-state index contributed by atoms with van der Waals surface area (Å²) in [6.45, 7) is 8.01. The van der Waals surface area contributed by atoms with Crippen LogP contribution < -0.4 is 5.32 Å². The molecule has 0 heterocycles. The molecular weight excluding hydrogens is 325 g/mol. The van der Waals surface area contributed by atoms with Crippen LogP contribution in [0.3, 0.4) is 0 Å². The summed E-state index contributed by atoms with van der Waals surface area (Å²) in [7, 11) is 0. The van der Waals surface area contributed by atoms with Gasteiger partial charge in [0.15, 0.2) is 0 Å². The van der Waals surface area contributed by atoms with Crippen LogP contribution in [0, 0.1) is 17.2 Å². The highest BCUT2D eigenvalue weighted by Crippen LogP contribution is 2.25. The Balaban J connectivity index is 2.72. The van der Waals surface area contributed by atoms with Crippen LogP contribution in [0.25, 0.3) is 0 Å². The van der Waals surface area contributed by atoms with Crippen molar-refractivity contribution in [3.63, 3.8) is 0 Å². The zero-order valence-corrected chi connectivity index (χ0v) is 13.8. The van der Waals surface area contributed by atoms with Gasteiger partial charge in [-0.1, -0.05) is 27.7 Å². The van der Waals surface area contributed by atoms with Crippen LogP contribution in [0.4, 0.5) is 4.39 Å². The van der Waals surface area contributed by atoms with Gasteiger partial charge in [0.05, 0.1) is 11.7 Å². The summed E-state index contributed by atoms with van der Waals surface area (Å²) in [5.74, 6) is -0.579. The lowest BCUT2D eigenvalue weighted by atomic mass is 9.80. The van der Waals surface area contributed by atoms with Crippen LogP contribution in [0.1, 0.15) is 38.1 Å². The van der Waals surface area contributed by atoms with E-state index in [0.29, 0.717) is 16.6 Å². The number of benzene rings is 1. The summed E-state index contributed by atoms with van der Waals surface area (Å²) in [4.78, 5) is 12.1. The Morgan fingerprint density at radius 3 is 2.55 bits per heavy atom. The summed E-state index contributed by atoms with van der Waals surface area (Å²) in [6.07, 6.45) is -0.514. The molecule has 0 radical (unpaired) electrons. The lowest BCUT2D eigenvalue weighted by molar-refractivity contribution is 0.0138. The van der Waals surface area contributed by atoms with Crippen molar-refractivity contribution in [2.75, 3.05) is 6.54 Å². The third kappa shape index (κ3) is 4.28. The third-order valence-corrected chi connectivity index (χ3v) is 3.97. The average Bonchev–Trinajstić information content (AvgIpc) is 2.35. The highest BCUT2D eigenvalue weighted by molar-refractivity contribution is 9.10. The maximum atomic E-state index is 13.0. The van der Waals surface area contributed by atoms with E-state index < -0.39 is 17.3 Å². The summed E-state index contributed by atoms with van der Waals surface area (Å²) in [5.41, 5.74) is -0.0580. The van der Waals surface area contributed by atoms with E-state index in [4.69, 9.17) is 0 Å². The van der Waals surface area contributed by atoms with Crippen molar-refractivity contribution in [1.82, 2.24) is 5.32 Å². The molecule has 0 saturated heterocycles. The lowest BCUT2D eigenvalue weighted by Gasteiger charge is -2.33. The van der Waals surface area contributed by atoms with E-state index in [-0.39, 0.29) is 11.8 Å². The van der Waals surface area contributed by atoms with Crippen LogP contribution in [-0.2, 0) is 0 Å². The predicted octanol–water partition coefficient (Wildman–Crippen LogP) is 3.36. The number of aliphatic hydroxyl groups excluding tert-OH is 1. The van der Waals surface area contributed by atoms with Crippen LogP contribution in [0.15, 0.2) is 22.7 Å². The van der Waals surface area contributed by atoms with Crippen molar-refractivity contribution < 1.29 is 14.3 Å². The second-order valence-electron chi connectivity index (χ2n) is 5.98. The molecule has 1 aromatic rings. The van der Waals surface area contributed by atoms with Crippen molar-refractivity contribution in [3.8, 4) is 0 Å². The monoisotopic (exact) mass is 345 g/mol. The molecule has 0 saturated carbocycles. The zero-order chi connectivity index (χ0) is 15.5. The van der Waals surface area contributed by atoms with Crippen molar-refractivity contribution >= 4 is 21.8 Å². The Morgan fingerprint density at radius 2 is 2.05 bits per heavy atom. The van der Waals surface area contributed by atoms with Gasteiger partial charge < -0.3 is 10.4 Å². The van der Waals surface area contributed by atoms with E-state index in [1.807, 2.05) is 27.7 Å². The van der Waals surface area contributed by atoms with Gasteiger partial charge in [-0.15, -0.1) is 0 Å². The molecular formula is C15H21BrFNO2. The molecule has 0 fully saturated rings. The van der Waals surface area contributed by atoms with Gasteiger partial charge in [-0.25, -0.2) is 4.39 Å². The standard InChI is InChI=1S/C15H21BrFNO2/c1-9(2)13(19)15(3,4)8-18-14(20)11-6-5-10(17)7-12(11)16/h5-7,9,13,19H,8H2,1-4H3,(H,18,20). The lowest BCUT2D eigenvalue weighted by Crippen LogP contribution is -2.43. The number of halogens is 2. The maximum Gasteiger partial charge on any atom is 0.252 e. The van der Waals surface area contributed by atoms with Gasteiger partial charge in [-0.2, -0.15) is 0 Å². The SMILES string of the molecule is CC(C)C(O)C(C)(C)CNC(=O)c1ccc(F)cc1Br. The number of rotatable bonds is 5. The number of hydrogen-bond donors (Lipinski definition) is 2. The molecule has 0 aromatic heterocycles. The fraction of sp³-hybridized carbons (Fsp3) is 0.533. The summed E-state index contributed by atoms with van der Waals surface area (Å²) in [5, 5.41) is 12.9. The molecule has 0 aliphatic rings. The molecule has 1 amide bonds. The first-order chi connectivity index (χ1) is 9.15. The summed E-state index contributed by atoms with van der Waals surface area (Å²) < 4.78 is 13.4. The number of carbonyl (C=O) groups is 1. The molecule has 3 nitrogen and oxygen atoms in total. The highest BCUT2D eigenvalue weighted by atomic mass is 79.9. The van der Waals surface area contributed by atoms with E-state index in [9.17, 15) is 14.3 Å². The first-order valence-corrected chi connectivity index (χ1v) is 7.36. The van der Waals surface area contributed by atoms with Crippen LogP contribution in [0.2, 0.25) is 0 Å². The van der Waals surface area contributed by atoms with Gasteiger partial charge in [0.1, 0.15) is 5.82 Å². The van der Waals surface area contributed by atoms with E-state index in [0.717, 1.165) is 0 Å². The molecule has 1 aromatic carbocycles. The molecule has 0 bridgehead atoms. The summed E-state index contributed by atoms with van der Waals surface area (Å²) in [6, 6.07) is 3.93. The number of nitrogens with one attached hydrogen (secondary N) is 1. The smallest absolute Gasteiger partial charge is 0.252 e. The Bertz CT molecular complexity index is 489. The predicted molar refractivity (Wildman–Crippen MR) is 81.1 cm³/mol. The molecule has 2 N–H and O–H groups in total. The average molecular weight is 346 g/mol. The highest BCUT2D eigenvalue weighted by Gasteiger charge is 2.30. The molecule has 1 atom stereocenters. The summed E-state index contributed by atoms with van der Waals surface area (Å²) >= 11 is 3.17. The van der Waals surface area contributed by atoms with E-state index in [2.05, 4.69) is 21.2 Å². The first kappa shape index (κ1) is 17.1. The van der Waals surface area contributed by atoms with Crippen molar-refractivity contribution in [2.45, 2.75) is 33.8 Å². The minimum Gasteiger partial charge on any atom is -0.392 e. The van der Waals surface area contributed by atoms with Gasteiger partial charge in [0.25, 0.3) is 5.91 Å².